The average Bonchev–Trinajstić information content (AvgIpc) is 2.45. The average molecular weight is 265 g/mol. The van der Waals surface area contributed by atoms with Crippen LogP contribution in [0.5, 0.6) is 0 Å². The largest absolute Gasteiger partial charge is 0.387 e. The first-order valence-electron chi connectivity index (χ1n) is 7.33. The zero-order valence-electron chi connectivity index (χ0n) is 11.6. The first-order valence-corrected chi connectivity index (χ1v) is 7.33. The molecular formula is C16H24FNO. The minimum atomic E-state index is -0.637. The van der Waals surface area contributed by atoms with Gasteiger partial charge in [0.25, 0.3) is 0 Å². The van der Waals surface area contributed by atoms with Crippen LogP contribution in [-0.4, -0.2) is 17.7 Å². The standard InChI is InChI=1S/C16H24FNO/c1-12(13-6-3-2-4-7-13)18-11-16(19)14-8-5-9-15(17)10-14/h5,8-10,12-13,16,18-19H,2-4,6-7,11H2,1H3/t12-,16?/m0/s1. The van der Waals surface area contributed by atoms with E-state index < -0.39 is 6.10 Å². The van der Waals surface area contributed by atoms with Gasteiger partial charge in [0.05, 0.1) is 6.10 Å². The molecule has 1 aromatic rings. The van der Waals surface area contributed by atoms with E-state index in [0.717, 1.165) is 0 Å². The molecule has 0 aliphatic heterocycles. The van der Waals surface area contributed by atoms with Crippen LogP contribution in [0.1, 0.15) is 50.7 Å². The van der Waals surface area contributed by atoms with Crippen molar-refractivity contribution in [3.8, 4) is 0 Å². The van der Waals surface area contributed by atoms with E-state index in [4.69, 9.17) is 0 Å². The van der Waals surface area contributed by atoms with Gasteiger partial charge >= 0.3 is 0 Å². The summed E-state index contributed by atoms with van der Waals surface area (Å²) in [5, 5.41) is 13.5. The number of benzene rings is 1. The smallest absolute Gasteiger partial charge is 0.123 e. The van der Waals surface area contributed by atoms with Crippen LogP contribution in [0.4, 0.5) is 4.39 Å². The molecule has 0 spiro atoms. The van der Waals surface area contributed by atoms with Gasteiger partial charge in [0.15, 0.2) is 0 Å². The molecule has 1 aliphatic carbocycles. The highest BCUT2D eigenvalue weighted by molar-refractivity contribution is 5.18. The summed E-state index contributed by atoms with van der Waals surface area (Å²) in [5.74, 6) is 0.422. The summed E-state index contributed by atoms with van der Waals surface area (Å²) in [7, 11) is 0. The number of aliphatic hydroxyl groups excluding tert-OH is 1. The lowest BCUT2D eigenvalue weighted by molar-refractivity contribution is 0.160. The first kappa shape index (κ1) is 14.5. The molecule has 0 saturated heterocycles. The fourth-order valence-electron chi connectivity index (χ4n) is 2.93. The van der Waals surface area contributed by atoms with Crippen LogP contribution in [0.25, 0.3) is 0 Å². The van der Waals surface area contributed by atoms with E-state index >= 15 is 0 Å². The van der Waals surface area contributed by atoms with Gasteiger partial charge in [-0.25, -0.2) is 4.39 Å². The van der Waals surface area contributed by atoms with Crippen molar-refractivity contribution in [1.29, 1.82) is 0 Å². The van der Waals surface area contributed by atoms with Crippen LogP contribution >= 0.6 is 0 Å². The van der Waals surface area contributed by atoms with Gasteiger partial charge in [-0.3, -0.25) is 0 Å². The van der Waals surface area contributed by atoms with E-state index in [0.29, 0.717) is 24.1 Å². The van der Waals surface area contributed by atoms with Gasteiger partial charge in [0.1, 0.15) is 5.82 Å². The van der Waals surface area contributed by atoms with E-state index in [1.54, 1.807) is 12.1 Å². The second-order valence-electron chi connectivity index (χ2n) is 5.67. The molecule has 106 valence electrons. The van der Waals surface area contributed by atoms with Crippen LogP contribution in [0.15, 0.2) is 24.3 Å². The maximum Gasteiger partial charge on any atom is 0.123 e. The van der Waals surface area contributed by atoms with Gasteiger partial charge in [-0.05, 0) is 43.4 Å². The van der Waals surface area contributed by atoms with Crippen molar-refractivity contribution in [1.82, 2.24) is 5.32 Å². The third-order valence-corrected chi connectivity index (χ3v) is 4.22. The third-order valence-electron chi connectivity index (χ3n) is 4.22. The number of nitrogens with one attached hydrogen (secondary N) is 1. The van der Waals surface area contributed by atoms with E-state index in [9.17, 15) is 9.50 Å². The first-order chi connectivity index (χ1) is 9.16. The highest BCUT2D eigenvalue weighted by atomic mass is 19.1. The summed E-state index contributed by atoms with van der Waals surface area (Å²) in [6.07, 6.45) is 5.93. The minimum Gasteiger partial charge on any atom is -0.387 e. The van der Waals surface area contributed by atoms with Crippen molar-refractivity contribution in [3.05, 3.63) is 35.6 Å². The minimum absolute atomic E-state index is 0.295. The second kappa shape index (κ2) is 7.01. The Labute approximate surface area is 115 Å². The monoisotopic (exact) mass is 265 g/mol. The Bertz CT molecular complexity index is 390. The molecule has 3 heteroatoms. The number of hydrogen-bond donors (Lipinski definition) is 2. The van der Waals surface area contributed by atoms with E-state index in [2.05, 4.69) is 12.2 Å². The second-order valence-corrected chi connectivity index (χ2v) is 5.67. The topological polar surface area (TPSA) is 32.3 Å². The molecule has 1 unspecified atom stereocenters. The molecule has 0 aromatic heterocycles. The maximum absolute atomic E-state index is 13.1. The fraction of sp³-hybridized carbons (Fsp3) is 0.625. The number of hydrogen-bond acceptors (Lipinski definition) is 2. The van der Waals surface area contributed by atoms with Crippen LogP contribution in [0.2, 0.25) is 0 Å². The predicted molar refractivity (Wildman–Crippen MR) is 75.4 cm³/mol. The summed E-state index contributed by atoms with van der Waals surface area (Å²) in [6.45, 7) is 2.68. The Morgan fingerprint density at radius 2 is 2.05 bits per heavy atom. The molecule has 0 heterocycles. The molecule has 19 heavy (non-hydrogen) atoms. The van der Waals surface area contributed by atoms with Crippen molar-refractivity contribution >= 4 is 0 Å². The molecule has 1 saturated carbocycles. The Morgan fingerprint density at radius 3 is 2.74 bits per heavy atom. The van der Waals surface area contributed by atoms with Gasteiger partial charge in [-0.1, -0.05) is 31.4 Å². The van der Waals surface area contributed by atoms with E-state index in [-0.39, 0.29) is 5.82 Å². The summed E-state index contributed by atoms with van der Waals surface area (Å²) in [6, 6.07) is 6.62. The molecule has 0 amide bonds. The molecule has 2 nitrogen and oxygen atoms in total. The SMILES string of the molecule is C[C@H](NCC(O)c1cccc(F)c1)C1CCCCC1. The Hall–Kier alpha value is -0.930. The number of rotatable bonds is 5. The van der Waals surface area contributed by atoms with E-state index in [1.807, 2.05) is 0 Å². The van der Waals surface area contributed by atoms with Gasteiger partial charge in [0.2, 0.25) is 0 Å². The van der Waals surface area contributed by atoms with Crippen molar-refractivity contribution < 1.29 is 9.50 Å². The highest BCUT2D eigenvalue weighted by Gasteiger charge is 2.20. The normalized spacial score (nSPS) is 20.2. The van der Waals surface area contributed by atoms with E-state index in [1.165, 1.54) is 44.2 Å². The van der Waals surface area contributed by atoms with Gasteiger partial charge in [0, 0.05) is 12.6 Å². The lowest BCUT2D eigenvalue weighted by atomic mass is 9.84. The van der Waals surface area contributed by atoms with Gasteiger partial charge in [-0.2, -0.15) is 0 Å². The number of halogens is 1. The highest BCUT2D eigenvalue weighted by Crippen LogP contribution is 2.26. The molecule has 1 fully saturated rings. The molecule has 2 atom stereocenters. The third kappa shape index (κ3) is 4.29. The lowest BCUT2D eigenvalue weighted by Gasteiger charge is -2.29. The van der Waals surface area contributed by atoms with Crippen LogP contribution < -0.4 is 5.32 Å². The number of aliphatic hydroxyl groups is 1. The summed E-state index contributed by atoms with van der Waals surface area (Å²) in [5.41, 5.74) is 0.642. The van der Waals surface area contributed by atoms with Gasteiger partial charge in [-0.15, -0.1) is 0 Å². The molecule has 2 rings (SSSR count). The molecular weight excluding hydrogens is 241 g/mol. The Balaban J connectivity index is 1.80. The van der Waals surface area contributed by atoms with Crippen LogP contribution in [-0.2, 0) is 0 Å². The summed E-state index contributed by atoms with van der Waals surface area (Å²) in [4.78, 5) is 0. The maximum atomic E-state index is 13.1. The summed E-state index contributed by atoms with van der Waals surface area (Å²) < 4.78 is 13.1. The van der Waals surface area contributed by atoms with Gasteiger partial charge < -0.3 is 10.4 Å². The lowest BCUT2D eigenvalue weighted by Crippen LogP contribution is -2.37. The molecule has 1 aliphatic rings. The Morgan fingerprint density at radius 1 is 1.32 bits per heavy atom. The fourth-order valence-corrected chi connectivity index (χ4v) is 2.93. The quantitative estimate of drug-likeness (QED) is 0.855. The van der Waals surface area contributed by atoms with Crippen LogP contribution in [0, 0.1) is 11.7 Å². The molecule has 0 bridgehead atoms. The molecule has 2 N–H and O–H groups in total. The van der Waals surface area contributed by atoms with Crippen molar-refractivity contribution in [2.75, 3.05) is 6.54 Å². The Kier molecular flexibility index (Phi) is 5.34. The molecule has 1 aromatic carbocycles. The molecule has 0 radical (unpaired) electrons. The zero-order chi connectivity index (χ0) is 13.7. The van der Waals surface area contributed by atoms with Crippen LogP contribution in [0.3, 0.4) is 0 Å². The summed E-state index contributed by atoms with van der Waals surface area (Å²) >= 11 is 0. The van der Waals surface area contributed by atoms with Crippen molar-refractivity contribution in [2.45, 2.75) is 51.2 Å². The predicted octanol–water partition coefficient (Wildman–Crippen LogP) is 3.42. The zero-order valence-corrected chi connectivity index (χ0v) is 11.6. The van der Waals surface area contributed by atoms with Crippen molar-refractivity contribution in [2.24, 2.45) is 5.92 Å². The van der Waals surface area contributed by atoms with Crippen molar-refractivity contribution in [3.63, 3.8) is 0 Å².